The number of pyridine rings is 3. The predicted octanol–water partition coefficient (Wildman–Crippen LogP) is 9.36. The van der Waals surface area contributed by atoms with Gasteiger partial charge < -0.3 is 9.40 Å². The van der Waals surface area contributed by atoms with Crippen molar-refractivity contribution in [2.75, 3.05) is 0 Å². The molecule has 0 atom stereocenters. The van der Waals surface area contributed by atoms with E-state index in [4.69, 9.17) is 12.6 Å². The van der Waals surface area contributed by atoms with Crippen molar-refractivity contribution in [3.63, 3.8) is 0 Å². The Morgan fingerprint density at radius 3 is 2.33 bits per heavy atom. The van der Waals surface area contributed by atoms with E-state index >= 15 is 0 Å². The number of hydrogen-bond acceptors (Lipinski definition) is 4. The summed E-state index contributed by atoms with van der Waals surface area (Å²) in [5, 5.41) is 1.42. The van der Waals surface area contributed by atoms with Crippen molar-refractivity contribution in [3.05, 3.63) is 133 Å². The summed E-state index contributed by atoms with van der Waals surface area (Å²) >= 11 is -1.79. The van der Waals surface area contributed by atoms with Crippen LogP contribution in [0.1, 0.15) is 19.5 Å². The Labute approximate surface area is 287 Å². The fraction of sp³-hybridized carbons (Fsp3) is 0.132. The van der Waals surface area contributed by atoms with Gasteiger partial charge in [-0.3, -0.25) is 0 Å². The van der Waals surface area contributed by atoms with E-state index in [1.807, 2.05) is 48.7 Å². The third-order valence-electron chi connectivity index (χ3n) is 7.22. The first kappa shape index (κ1) is 25.2. The van der Waals surface area contributed by atoms with E-state index < -0.39 is 27.0 Å². The molecule has 0 aliphatic heterocycles. The molecule has 4 nitrogen and oxygen atoms in total. The number of halogens is 1. The molecule has 7 rings (SSSR count). The zero-order chi connectivity index (χ0) is 35.8. The number of nitrogens with zero attached hydrogens (tertiary/aromatic N) is 3. The van der Waals surface area contributed by atoms with E-state index in [-0.39, 0.29) is 42.9 Å². The van der Waals surface area contributed by atoms with E-state index in [9.17, 15) is 4.39 Å². The van der Waals surface area contributed by atoms with Crippen LogP contribution in [0.5, 0.6) is 0 Å². The van der Waals surface area contributed by atoms with Crippen LogP contribution in [-0.2, 0) is 20.1 Å². The third-order valence-corrected chi connectivity index (χ3v) is 11.5. The van der Waals surface area contributed by atoms with Crippen molar-refractivity contribution in [3.8, 4) is 33.6 Å². The van der Waals surface area contributed by atoms with Gasteiger partial charge in [-0.25, -0.2) is 4.98 Å². The Bertz CT molecular complexity index is 2290. The molecule has 0 bridgehead atoms. The number of hydrogen-bond donors (Lipinski definition) is 0. The van der Waals surface area contributed by atoms with E-state index in [2.05, 4.69) is 50.4 Å². The maximum Gasteiger partial charge on any atom is 0 e. The first-order valence-electron chi connectivity index (χ1n) is 17.0. The standard InChI is InChI=1S/C24H17N2O.C14H15FGeN.Ir/c1-15-14-25-22(13-21(15)17-7-4-3-5-8-17)20-10-6-9-18-19-12-11-16(2)26-24(19)27-23(18)20;1-16(2,3)13-8-9-14(17-10-13)11-4-6-12(15)7-5-11;/h3-9,11-14H,1-2H3;4,6-10H,1-3H3;/q2*-1;/i1D3,2D3;;. The minimum Gasteiger partial charge on any atom is 0 e. The van der Waals surface area contributed by atoms with Gasteiger partial charge in [0, 0.05) is 45.6 Å². The molecule has 0 fully saturated rings. The van der Waals surface area contributed by atoms with Gasteiger partial charge in [0.25, 0.3) is 0 Å². The number of benzene rings is 3. The summed E-state index contributed by atoms with van der Waals surface area (Å²) in [7, 11) is 0. The monoisotopic (exact) mass is 838 g/mol. The number of rotatable bonds is 4. The van der Waals surface area contributed by atoms with Crippen LogP contribution in [0.25, 0.3) is 55.7 Å². The van der Waals surface area contributed by atoms with Crippen molar-refractivity contribution in [2.24, 2.45) is 0 Å². The van der Waals surface area contributed by atoms with Gasteiger partial charge in [0.2, 0.25) is 5.71 Å². The van der Waals surface area contributed by atoms with Crippen LogP contribution >= 0.6 is 0 Å². The zero-order valence-electron chi connectivity index (χ0n) is 30.8. The molecular weight excluding hydrogens is 798 g/mol. The molecule has 7 heteroatoms. The zero-order valence-corrected chi connectivity index (χ0v) is 29.3. The second-order valence-electron chi connectivity index (χ2n) is 11.3. The molecule has 0 amide bonds. The molecule has 0 N–H and O–H groups in total. The number of furan rings is 1. The van der Waals surface area contributed by atoms with Crippen LogP contribution in [0.15, 0.2) is 108 Å². The minimum absolute atomic E-state index is 0. The van der Waals surface area contributed by atoms with Gasteiger partial charge in [-0.15, -0.1) is 18.2 Å². The number of fused-ring (bicyclic) bond motifs is 3. The first-order valence-corrected chi connectivity index (χ1v) is 21.4. The quantitative estimate of drug-likeness (QED) is 0.131. The molecule has 4 heterocycles. The van der Waals surface area contributed by atoms with Crippen molar-refractivity contribution < 1.29 is 37.1 Å². The molecule has 3 aromatic carbocycles. The van der Waals surface area contributed by atoms with E-state index in [1.165, 1.54) is 28.8 Å². The second-order valence-corrected chi connectivity index (χ2v) is 22.0. The Balaban J connectivity index is 0.000000237. The Hall–Kier alpha value is -3.97. The molecule has 7 aromatic rings. The van der Waals surface area contributed by atoms with Gasteiger partial charge in [0.15, 0.2) is 0 Å². The maximum absolute atomic E-state index is 12.8. The van der Waals surface area contributed by atoms with Crippen LogP contribution in [-0.4, -0.2) is 28.2 Å². The molecule has 227 valence electrons. The summed E-state index contributed by atoms with van der Waals surface area (Å²) in [5.74, 6) is 6.73. The first-order chi connectivity index (χ1) is 23.6. The Kier molecular flexibility index (Phi) is 7.62. The van der Waals surface area contributed by atoms with Gasteiger partial charge in [0.05, 0.1) is 5.58 Å². The van der Waals surface area contributed by atoms with Crippen molar-refractivity contribution in [2.45, 2.75) is 31.0 Å². The van der Waals surface area contributed by atoms with Gasteiger partial charge in [0.1, 0.15) is 0 Å². The van der Waals surface area contributed by atoms with E-state index in [0.717, 1.165) is 22.2 Å². The third kappa shape index (κ3) is 7.14. The number of aromatic nitrogens is 3. The predicted molar refractivity (Wildman–Crippen MR) is 180 cm³/mol. The fourth-order valence-corrected chi connectivity index (χ4v) is 7.00. The smallest absolute Gasteiger partial charge is 0 e. The molecule has 45 heavy (non-hydrogen) atoms. The second kappa shape index (κ2) is 13.6. The minimum atomic E-state index is -2.35. The Morgan fingerprint density at radius 1 is 0.822 bits per heavy atom. The van der Waals surface area contributed by atoms with Crippen LogP contribution < -0.4 is 4.40 Å². The summed E-state index contributed by atoms with van der Waals surface area (Å²) in [6.45, 7) is -4.68. The maximum atomic E-state index is 12.8. The normalized spacial score (nSPS) is 13.7. The van der Waals surface area contributed by atoms with Gasteiger partial charge in [-0.05, 0) is 48.2 Å². The largest absolute Gasteiger partial charge is 0 e. The van der Waals surface area contributed by atoms with Crippen LogP contribution in [0.2, 0.25) is 17.3 Å². The van der Waals surface area contributed by atoms with E-state index in [1.54, 1.807) is 24.3 Å². The summed E-state index contributed by atoms with van der Waals surface area (Å²) < 4.78 is 66.7. The average Bonchev–Trinajstić information content (AvgIpc) is 3.46. The van der Waals surface area contributed by atoms with Gasteiger partial charge in [-0.1, -0.05) is 47.3 Å². The van der Waals surface area contributed by atoms with Crippen molar-refractivity contribution >= 4 is 39.7 Å². The summed E-state index contributed by atoms with van der Waals surface area (Å²) in [6, 6.07) is 32.3. The summed E-state index contributed by atoms with van der Waals surface area (Å²) in [6.07, 6.45) is 3.32. The molecule has 0 spiro atoms. The Morgan fingerprint density at radius 2 is 1.64 bits per heavy atom. The van der Waals surface area contributed by atoms with E-state index in [0.29, 0.717) is 27.8 Å². The van der Waals surface area contributed by atoms with Crippen LogP contribution in [0.3, 0.4) is 0 Å². The van der Waals surface area contributed by atoms with Gasteiger partial charge >= 0.3 is 104 Å². The topological polar surface area (TPSA) is 51.8 Å². The molecule has 0 aliphatic rings. The average molecular weight is 837 g/mol. The molecular formula is C38H32FGeIrN3O-2. The van der Waals surface area contributed by atoms with Crippen LogP contribution in [0, 0.1) is 31.7 Å². The molecule has 0 unspecified atom stereocenters. The molecule has 0 saturated heterocycles. The molecule has 0 saturated carbocycles. The fourth-order valence-electron chi connectivity index (χ4n) is 4.82. The van der Waals surface area contributed by atoms with Crippen LogP contribution in [0.4, 0.5) is 4.39 Å². The van der Waals surface area contributed by atoms with Crippen molar-refractivity contribution in [1.29, 1.82) is 0 Å². The van der Waals surface area contributed by atoms with Gasteiger partial charge in [-0.2, -0.15) is 0 Å². The summed E-state index contributed by atoms with van der Waals surface area (Å²) in [5.41, 5.74) is 4.78. The molecule has 1 radical (unpaired) electrons. The molecule has 4 aromatic heterocycles. The molecule has 0 aliphatic carbocycles. The SMILES string of the molecule is [2H]C([2H])([2H])c1ccc2c(n1)oc1c(-c3cc(-c4ccccc4)c(C([2H])([2H])[2H])cn3)[c-]ccc12.[CH3][Ge]([CH3])([CH3])[c]1ccc(-c2[c-]cc(F)cc2)nc1.[Ir]. The number of aryl methyl sites for hydroxylation is 2. The van der Waals surface area contributed by atoms with Crippen molar-refractivity contribution in [1.82, 2.24) is 15.0 Å². The summed E-state index contributed by atoms with van der Waals surface area (Å²) in [4.78, 5) is 13.0.